The molecule has 2 aromatic carbocycles. The van der Waals surface area contributed by atoms with Crippen molar-refractivity contribution in [2.45, 2.75) is 106 Å². The van der Waals surface area contributed by atoms with Crippen LogP contribution >= 0.6 is 11.6 Å². The molecule has 22 heteroatoms. The van der Waals surface area contributed by atoms with Crippen molar-refractivity contribution in [3.63, 3.8) is 0 Å². The number of ether oxygens (including phenoxy) is 4. The normalized spacial score (nSPS) is 22.9. The number of anilines is 2. The SMILES string of the molecule is CC1(C)OB(c2cccc3c2C=CC3)OC1(C)C.CS(=O)(=O)C1(c2nc(-c3cccc4[nH]ccc34)nc3c2OCC2COCCN32)CC1.CS(=O)(=O)C1(c2nc(Cl)nc3c2OCC[C@H]2COCCN32)CC1.[CH2-]C.[V]. The van der Waals surface area contributed by atoms with E-state index in [1.807, 2.05) is 30.5 Å². The van der Waals surface area contributed by atoms with Gasteiger partial charge in [-0.05, 0) is 100 Å². The van der Waals surface area contributed by atoms with E-state index in [1.165, 1.54) is 23.6 Å². The van der Waals surface area contributed by atoms with E-state index >= 15 is 0 Å². The number of sulfone groups is 2. The summed E-state index contributed by atoms with van der Waals surface area (Å²) in [4.78, 5) is 25.9. The molecule has 2 atom stereocenters. The Morgan fingerprint density at radius 1 is 0.730 bits per heavy atom. The van der Waals surface area contributed by atoms with Crippen molar-refractivity contribution >= 4 is 72.5 Å². The number of allylic oxidation sites excluding steroid dienone is 1. The van der Waals surface area contributed by atoms with Gasteiger partial charge in [0.15, 0.2) is 48.6 Å². The van der Waals surface area contributed by atoms with Crippen molar-refractivity contribution in [1.29, 1.82) is 0 Å². The molecule has 1 radical (unpaired) electrons. The molecule has 8 heterocycles. The van der Waals surface area contributed by atoms with Crippen LogP contribution < -0.4 is 24.7 Å². The Morgan fingerprint density at radius 2 is 1.32 bits per heavy atom. The van der Waals surface area contributed by atoms with E-state index in [2.05, 4.69) is 89.7 Å². The second-order valence-corrected chi connectivity index (χ2v) is 25.7. The molecule has 395 valence electrons. The van der Waals surface area contributed by atoms with E-state index in [4.69, 9.17) is 49.8 Å². The largest absolute Gasteiger partial charge is 0.495 e. The third-order valence-electron chi connectivity index (χ3n) is 15.7. The van der Waals surface area contributed by atoms with Crippen LogP contribution in [0.25, 0.3) is 28.4 Å². The molecule has 13 rings (SSSR count). The minimum absolute atomic E-state index is 0. The molecule has 0 spiro atoms. The number of nitrogens with one attached hydrogen (secondary N) is 1. The quantitative estimate of drug-likeness (QED) is 0.106. The summed E-state index contributed by atoms with van der Waals surface area (Å²) >= 11 is 6.12. The van der Waals surface area contributed by atoms with Gasteiger partial charge in [0.25, 0.3) is 0 Å². The minimum atomic E-state index is -3.36. The van der Waals surface area contributed by atoms with Crippen molar-refractivity contribution in [3.8, 4) is 22.9 Å². The van der Waals surface area contributed by atoms with E-state index in [0.29, 0.717) is 119 Å². The van der Waals surface area contributed by atoms with Crippen molar-refractivity contribution in [3.05, 3.63) is 89.5 Å². The van der Waals surface area contributed by atoms with Crippen molar-refractivity contribution in [2.75, 3.05) is 75.0 Å². The van der Waals surface area contributed by atoms with Crippen LogP contribution in [0.3, 0.4) is 0 Å². The molecule has 5 aromatic rings. The summed E-state index contributed by atoms with van der Waals surface area (Å²) in [6.07, 6.45) is 12.8. The molecular weight excluding hydrogens is 1040 g/mol. The van der Waals surface area contributed by atoms with E-state index < -0.39 is 29.2 Å². The monoisotopic (exact) mass is 1110 g/mol. The second kappa shape index (κ2) is 20.6. The van der Waals surface area contributed by atoms with Crippen LogP contribution in [0, 0.1) is 6.92 Å². The molecule has 2 saturated carbocycles. The van der Waals surface area contributed by atoms with Crippen molar-refractivity contribution in [2.24, 2.45) is 0 Å². The van der Waals surface area contributed by atoms with E-state index in [9.17, 15) is 16.8 Å². The van der Waals surface area contributed by atoms with Gasteiger partial charge >= 0.3 is 7.12 Å². The maximum atomic E-state index is 12.7. The number of morpholine rings is 2. The van der Waals surface area contributed by atoms with Crippen molar-refractivity contribution in [1.82, 2.24) is 24.9 Å². The molecule has 1 N–H and O–H groups in total. The number of nitrogens with zero attached hydrogens (tertiary/aromatic N) is 6. The zero-order chi connectivity index (χ0) is 51.7. The van der Waals surface area contributed by atoms with Gasteiger partial charge < -0.3 is 50.0 Å². The van der Waals surface area contributed by atoms with E-state index in [0.717, 1.165) is 34.8 Å². The number of aromatic nitrogens is 5. The first-order valence-electron chi connectivity index (χ1n) is 25.1. The smallest absolute Gasteiger partial charge is 0.488 e. The number of hydrogen-bond donors (Lipinski definition) is 1. The Balaban J connectivity index is 0.000000137. The molecule has 0 amide bonds. The maximum Gasteiger partial charge on any atom is 0.495 e. The van der Waals surface area contributed by atoms with Crippen LogP contribution in [-0.4, -0.2) is 137 Å². The number of aromatic amines is 1. The number of halogens is 1. The fourth-order valence-electron chi connectivity index (χ4n) is 10.5. The average molecular weight is 1110 g/mol. The van der Waals surface area contributed by atoms with Gasteiger partial charge in [0.2, 0.25) is 5.28 Å². The summed E-state index contributed by atoms with van der Waals surface area (Å²) in [5, 5.41) is 1.06. The molecule has 3 aliphatic carbocycles. The predicted octanol–water partition coefficient (Wildman–Crippen LogP) is 6.80. The maximum absolute atomic E-state index is 12.7. The van der Waals surface area contributed by atoms with Gasteiger partial charge in [-0.2, -0.15) is 11.9 Å². The number of H-pyrrole nitrogens is 1. The summed E-state index contributed by atoms with van der Waals surface area (Å²) in [6.45, 7) is 18.0. The van der Waals surface area contributed by atoms with Crippen LogP contribution in [0.5, 0.6) is 11.5 Å². The van der Waals surface area contributed by atoms with Gasteiger partial charge in [-0.25, -0.2) is 31.8 Å². The Kier molecular flexibility index (Phi) is 15.2. The van der Waals surface area contributed by atoms with Gasteiger partial charge in [0.05, 0.1) is 56.3 Å². The van der Waals surface area contributed by atoms with Gasteiger partial charge in [-0.3, -0.25) is 0 Å². The molecular formula is C52H64BClN7O10S2V-. The van der Waals surface area contributed by atoms with Crippen LogP contribution in [0.1, 0.15) is 89.2 Å². The Bertz CT molecular complexity index is 3170. The zero-order valence-electron chi connectivity index (χ0n) is 43.0. The Labute approximate surface area is 451 Å². The molecule has 5 fully saturated rings. The molecule has 3 aromatic heterocycles. The molecule has 5 aliphatic heterocycles. The number of hydrogen-bond acceptors (Lipinski definition) is 16. The van der Waals surface area contributed by atoms with Gasteiger partial charge in [0.1, 0.15) is 27.5 Å². The van der Waals surface area contributed by atoms with Crippen LogP contribution in [0.15, 0.2) is 54.7 Å². The first-order valence-corrected chi connectivity index (χ1v) is 29.2. The standard InChI is InChI=1S/C21H22N4O4S.C15H19BO2.C14H18ClN3O4S.C2H5.V/c1-30(26,27)21(6-7-21)18-17-20(25-9-10-28-11-13(25)12-29-17)24-19(23-18)15-3-2-4-16-14(15)5-8-22-16;1-14(2)15(3,4)18-16(17-14)13-10-6-8-11-7-5-9-12(11)13;1-23(19,20)14(3-4-14)11-10-12(17-13(15)16-11)18-5-7-21-8-9(18)2-6-22-10;1-2;/h2-5,8,13,22H,6-7,9-12H2,1H3;5-6,8-10H,7H2,1-4H3;9H,2-8H2,1H3;1H2,2H3;/q;;;-1;/t;;9-;;/m..0../s1. The van der Waals surface area contributed by atoms with Crippen LogP contribution in [0.2, 0.25) is 5.28 Å². The topological polar surface area (TPSA) is 197 Å². The summed E-state index contributed by atoms with van der Waals surface area (Å²) in [5.41, 5.74) is 6.02. The predicted molar refractivity (Wildman–Crippen MR) is 283 cm³/mol. The minimum Gasteiger partial charge on any atom is -0.488 e. The Hall–Kier alpha value is -4.24. The zero-order valence-corrected chi connectivity index (χ0v) is 46.8. The molecule has 0 bridgehead atoms. The first-order chi connectivity index (χ1) is 34.8. The molecule has 74 heavy (non-hydrogen) atoms. The molecule has 1 unspecified atom stereocenters. The molecule has 8 aliphatic rings. The fraction of sp³-hybridized carbons (Fsp3) is 0.519. The van der Waals surface area contributed by atoms with E-state index in [1.54, 1.807) is 6.92 Å². The third kappa shape index (κ3) is 9.78. The molecule has 17 nitrogen and oxygen atoms in total. The second-order valence-electron chi connectivity index (χ2n) is 20.7. The van der Waals surface area contributed by atoms with Crippen LogP contribution in [-0.2, 0) is 72.9 Å². The Morgan fingerprint density at radius 3 is 1.97 bits per heavy atom. The summed E-state index contributed by atoms with van der Waals surface area (Å²) in [5.74, 6) is 2.79. The number of fused-ring (bicyclic) bond motifs is 8. The average Bonchev–Trinajstić information content (AvgIpc) is 4.26. The van der Waals surface area contributed by atoms with Crippen LogP contribution in [0.4, 0.5) is 11.6 Å². The fourth-order valence-corrected chi connectivity index (χ4v) is 13.4. The van der Waals surface area contributed by atoms with Gasteiger partial charge in [-0.15, -0.1) is 0 Å². The first kappa shape index (κ1) is 54.5. The van der Waals surface area contributed by atoms with E-state index in [-0.39, 0.29) is 54.2 Å². The summed E-state index contributed by atoms with van der Waals surface area (Å²) in [6, 6.07) is 14.5. The third-order valence-corrected chi connectivity index (χ3v) is 19.9. The van der Waals surface area contributed by atoms with Gasteiger partial charge in [-0.1, -0.05) is 42.5 Å². The summed E-state index contributed by atoms with van der Waals surface area (Å²) in [7, 11) is -6.92. The molecule has 3 saturated heterocycles. The van der Waals surface area contributed by atoms with Gasteiger partial charge in [0, 0.05) is 73.2 Å². The number of benzene rings is 2. The van der Waals surface area contributed by atoms with Crippen molar-refractivity contribution < 1.29 is 63.6 Å². The number of rotatable bonds is 6. The summed E-state index contributed by atoms with van der Waals surface area (Å²) < 4.78 is 83.5.